The Hall–Kier alpha value is -1.35. The van der Waals surface area contributed by atoms with Crippen LogP contribution in [0.2, 0.25) is 0 Å². The van der Waals surface area contributed by atoms with Gasteiger partial charge >= 0.3 is 0 Å². The largest absolute Gasteiger partial charge is 0.369 e. The monoisotopic (exact) mass is 230 g/mol. The number of amides is 1. The molecule has 3 heteroatoms. The van der Waals surface area contributed by atoms with Crippen LogP contribution in [0.3, 0.4) is 0 Å². The summed E-state index contributed by atoms with van der Waals surface area (Å²) in [5, 5.41) is 0. The number of nitrogens with two attached hydrogens (primary N) is 1. The lowest BCUT2D eigenvalue weighted by atomic mass is 9.82. The van der Waals surface area contributed by atoms with Crippen molar-refractivity contribution in [2.45, 2.75) is 31.7 Å². The minimum Gasteiger partial charge on any atom is -0.369 e. The Labute approximate surface area is 102 Å². The van der Waals surface area contributed by atoms with Gasteiger partial charge in [0.2, 0.25) is 5.91 Å². The number of benzene rings is 1. The van der Waals surface area contributed by atoms with Crippen molar-refractivity contribution in [3.8, 4) is 0 Å². The van der Waals surface area contributed by atoms with Crippen LogP contribution in [0.25, 0.3) is 0 Å². The molecule has 1 aliphatic heterocycles. The number of primary amides is 1. The van der Waals surface area contributed by atoms with Crippen molar-refractivity contribution >= 4 is 5.91 Å². The molecule has 0 spiro atoms. The van der Waals surface area contributed by atoms with E-state index in [9.17, 15) is 4.79 Å². The molecular weight excluding hydrogens is 212 g/mol. The molecule has 90 valence electrons. The van der Waals surface area contributed by atoms with Crippen molar-refractivity contribution in [2.75, 3.05) is 13.1 Å². The fraction of sp³-hybridized carbons (Fsp3) is 0.500. The second-order valence-corrected chi connectivity index (χ2v) is 5.16. The standard InChI is InChI=1S/C14H18N2O/c15-14(17)13-3-1-2-11-8-10(4-5-12(11)13)9-16-6-7-16/h4-5,8,13H,1-3,6-7,9H2,(H2,15,17). The molecule has 0 radical (unpaired) electrons. The number of aryl methyl sites for hydroxylation is 1. The van der Waals surface area contributed by atoms with Crippen molar-refractivity contribution in [1.29, 1.82) is 0 Å². The third-order valence-electron chi connectivity index (χ3n) is 3.81. The van der Waals surface area contributed by atoms with Crippen LogP contribution in [0.15, 0.2) is 18.2 Å². The fourth-order valence-electron chi connectivity index (χ4n) is 2.75. The summed E-state index contributed by atoms with van der Waals surface area (Å²) in [5.41, 5.74) is 9.33. The van der Waals surface area contributed by atoms with Crippen molar-refractivity contribution in [1.82, 2.24) is 4.90 Å². The van der Waals surface area contributed by atoms with Gasteiger partial charge in [0.15, 0.2) is 0 Å². The highest BCUT2D eigenvalue weighted by Crippen LogP contribution is 2.32. The van der Waals surface area contributed by atoms with Gasteiger partial charge in [0.1, 0.15) is 0 Å². The molecule has 3 rings (SSSR count). The molecule has 1 amide bonds. The number of nitrogens with zero attached hydrogens (tertiary/aromatic N) is 1. The lowest BCUT2D eigenvalue weighted by molar-refractivity contribution is -0.119. The smallest absolute Gasteiger partial charge is 0.224 e. The fourth-order valence-corrected chi connectivity index (χ4v) is 2.75. The Balaban J connectivity index is 1.88. The highest BCUT2D eigenvalue weighted by atomic mass is 16.1. The topological polar surface area (TPSA) is 46.1 Å². The molecular formula is C14H18N2O. The molecule has 1 unspecified atom stereocenters. The van der Waals surface area contributed by atoms with Crippen LogP contribution >= 0.6 is 0 Å². The first-order valence-electron chi connectivity index (χ1n) is 6.37. The summed E-state index contributed by atoms with van der Waals surface area (Å²) >= 11 is 0. The zero-order valence-electron chi connectivity index (χ0n) is 9.98. The van der Waals surface area contributed by atoms with E-state index in [2.05, 4.69) is 23.1 Å². The summed E-state index contributed by atoms with van der Waals surface area (Å²) in [7, 11) is 0. The van der Waals surface area contributed by atoms with Crippen molar-refractivity contribution in [2.24, 2.45) is 5.73 Å². The molecule has 1 aliphatic carbocycles. The molecule has 1 aromatic carbocycles. The predicted octanol–water partition coefficient (Wildman–Crippen LogP) is 1.41. The summed E-state index contributed by atoms with van der Waals surface area (Å²) in [6.45, 7) is 3.50. The highest BCUT2D eigenvalue weighted by Gasteiger charge is 2.25. The number of fused-ring (bicyclic) bond motifs is 1. The van der Waals surface area contributed by atoms with E-state index in [1.165, 1.54) is 29.8 Å². The summed E-state index contributed by atoms with van der Waals surface area (Å²) < 4.78 is 0. The quantitative estimate of drug-likeness (QED) is 0.798. The van der Waals surface area contributed by atoms with Gasteiger partial charge < -0.3 is 5.73 Å². The van der Waals surface area contributed by atoms with E-state index >= 15 is 0 Å². The van der Waals surface area contributed by atoms with E-state index in [0.29, 0.717) is 0 Å². The van der Waals surface area contributed by atoms with E-state index in [0.717, 1.165) is 25.8 Å². The Morgan fingerprint density at radius 2 is 2.24 bits per heavy atom. The second kappa shape index (κ2) is 4.15. The van der Waals surface area contributed by atoms with Crippen LogP contribution in [0.5, 0.6) is 0 Å². The Morgan fingerprint density at radius 3 is 2.94 bits per heavy atom. The Kier molecular flexibility index (Phi) is 2.63. The van der Waals surface area contributed by atoms with E-state index < -0.39 is 0 Å². The maximum atomic E-state index is 11.4. The summed E-state index contributed by atoms with van der Waals surface area (Å²) in [5.74, 6) is -0.237. The predicted molar refractivity (Wildman–Crippen MR) is 66.6 cm³/mol. The molecule has 0 aromatic heterocycles. The molecule has 1 aromatic rings. The number of hydrogen-bond acceptors (Lipinski definition) is 2. The normalized spacial score (nSPS) is 23.2. The SMILES string of the molecule is NC(=O)C1CCCc2cc(CN3CC3)ccc21. The van der Waals surface area contributed by atoms with Crippen LogP contribution in [-0.2, 0) is 17.8 Å². The minimum absolute atomic E-state index is 0.0611. The van der Waals surface area contributed by atoms with E-state index in [4.69, 9.17) is 5.73 Å². The van der Waals surface area contributed by atoms with Crippen molar-refractivity contribution < 1.29 is 4.79 Å². The van der Waals surface area contributed by atoms with Gasteiger partial charge in [-0.1, -0.05) is 18.2 Å². The molecule has 2 N–H and O–H groups in total. The zero-order chi connectivity index (χ0) is 11.8. The molecule has 1 saturated heterocycles. The number of hydrogen-bond donors (Lipinski definition) is 1. The minimum atomic E-state index is -0.176. The summed E-state index contributed by atoms with van der Waals surface area (Å²) in [6.07, 6.45) is 3.08. The summed E-state index contributed by atoms with van der Waals surface area (Å²) in [4.78, 5) is 13.8. The number of carbonyl (C=O) groups excluding carboxylic acids is 1. The van der Waals surface area contributed by atoms with Crippen LogP contribution in [0.4, 0.5) is 0 Å². The first-order valence-corrected chi connectivity index (χ1v) is 6.37. The first kappa shape index (κ1) is 10.8. The van der Waals surface area contributed by atoms with Crippen LogP contribution in [-0.4, -0.2) is 23.9 Å². The number of carbonyl (C=O) groups is 1. The van der Waals surface area contributed by atoms with E-state index in [1.807, 2.05) is 0 Å². The first-order chi connectivity index (χ1) is 8.24. The number of rotatable bonds is 3. The van der Waals surface area contributed by atoms with Gasteiger partial charge in [-0.15, -0.1) is 0 Å². The Bertz CT molecular complexity index is 452. The van der Waals surface area contributed by atoms with Gasteiger partial charge in [-0.25, -0.2) is 0 Å². The third-order valence-corrected chi connectivity index (χ3v) is 3.81. The lowest BCUT2D eigenvalue weighted by Crippen LogP contribution is -2.25. The maximum Gasteiger partial charge on any atom is 0.224 e. The molecule has 2 aliphatic rings. The van der Waals surface area contributed by atoms with Crippen molar-refractivity contribution in [3.05, 3.63) is 34.9 Å². The Morgan fingerprint density at radius 1 is 1.41 bits per heavy atom. The lowest BCUT2D eigenvalue weighted by Gasteiger charge is -2.23. The van der Waals surface area contributed by atoms with Gasteiger partial charge in [-0.05, 0) is 36.0 Å². The molecule has 0 bridgehead atoms. The van der Waals surface area contributed by atoms with Crippen LogP contribution in [0.1, 0.15) is 35.4 Å². The van der Waals surface area contributed by atoms with Crippen LogP contribution < -0.4 is 5.73 Å². The zero-order valence-corrected chi connectivity index (χ0v) is 9.98. The van der Waals surface area contributed by atoms with Gasteiger partial charge in [0.05, 0.1) is 5.92 Å². The van der Waals surface area contributed by atoms with Gasteiger partial charge in [-0.2, -0.15) is 0 Å². The van der Waals surface area contributed by atoms with Gasteiger partial charge in [0, 0.05) is 19.6 Å². The summed E-state index contributed by atoms with van der Waals surface area (Å²) in [6, 6.07) is 6.53. The van der Waals surface area contributed by atoms with Crippen LogP contribution in [0, 0.1) is 0 Å². The molecule has 17 heavy (non-hydrogen) atoms. The van der Waals surface area contributed by atoms with E-state index in [-0.39, 0.29) is 11.8 Å². The van der Waals surface area contributed by atoms with Crippen molar-refractivity contribution in [3.63, 3.8) is 0 Å². The molecule has 3 nitrogen and oxygen atoms in total. The third kappa shape index (κ3) is 2.20. The maximum absolute atomic E-state index is 11.4. The molecule has 1 fully saturated rings. The molecule has 0 saturated carbocycles. The van der Waals surface area contributed by atoms with Gasteiger partial charge in [0.25, 0.3) is 0 Å². The van der Waals surface area contributed by atoms with E-state index in [1.54, 1.807) is 0 Å². The highest BCUT2D eigenvalue weighted by molar-refractivity contribution is 5.82. The molecule has 1 atom stereocenters. The van der Waals surface area contributed by atoms with Gasteiger partial charge in [-0.3, -0.25) is 9.69 Å². The average Bonchev–Trinajstić information content (AvgIpc) is 3.11. The average molecular weight is 230 g/mol. The molecule has 1 heterocycles. The second-order valence-electron chi connectivity index (χ2n) is 5.16.